The number of carbonyl (C=O) groups is 1. The number of anilines is 1. The van der Waals surface area contributed by atoms with Gasteiger partial charge in [-0.25, -0.2) is 4.98 Å². The molecule has 0 bridgehead atoms. The van der Waals surface area contributed by atoms with E-state index in [1.807, 2.05) is 30.5 Å². The highest BCUT2D eigenvalue weighted by molar-refractivity contribution is 7.15. The second kappa shape index (κ2) is 9.18. The van der Waals surface area contributed by atoms with Gasteiger partial charge >= 0.3 is 0 Å². The molecule has 38 heavy (non-hydrogen) atoms. The summed E-state index contributed by atoms with van der Waals surface area (Å²) in [4.78, 5) is 32.3. The average Bonchev–Trinajstić information content (AvgIpc) is 3.74. The standard InChI is InChI=1S/C29H25N7OS/c1-16-6-9-24(38-16)27-26-23(10-11-31-27)33-28(34-26)25-21-13-18(7-8-22(21)35-36-25)19-12-20(15-30-14-19)32-29(37)17-4-2-3-5-17/h6-15,17H,2-5H2,1H3,(H,32,37)(H,33,34)(H,35,36). The number of aromatic amines is 2. The molecule has 5 aromatic heterocycles. The van der Waals surface area contributed by atoms with Gasteiger partial charge in [-0.3, -0.25) is 19.9 Å². The molecular weight excluding hydrogens is 494 g/mol. The summed E-state index contributed by atoms with van der Waals surface area (Å²) in [5, 5.41) is 11.7. The average molecular weight is 520 g/mol. The van der Waals surface area contributed by atoms with Crippen molar-refractivity contribution in [2.24, 2.45) is 5.92 Å². The molecular formula is C29H25N7OS. The smallest absolute Gasteiger partial charge is 0.227 e. The zero-order valence-corrected chi connectivity index (χ0v) is 21.6. The second-order valence-electron chi connectivity index (χ2n) is 9.82. The van der Waals surface area contributed by atoms with Crippen molar-refractivity contribution in [1.29, 1.82) is 0 Å². The molecule has 0 radical (unpaired) electrons. The van der Waals surface area contributed by atoms with E-state index >= 15 is 0 Å². The van der Waals surface area contributed by atoms with Crippen molar-refractivity contribution in [3.05, 3.63) is 65.9 Å². The third kappa shape index (κ3) is 4.05. The summed E-state index contributed by atoms with van der Waals surface area (Å²) in [7, 11) is 0. The van der Waals surface area contributed by atoms with Crippen LogP contribution < -0.4 is 5.32 Å². The zero-order chi connectivity index (χ0) is 25.6. The Morgan fingerprint density at radius 3 is 2.74 bits per heavy atom. The molecule has 1 saturated carbocycles. The Labute approximate surface area is 222 Å². The fourth-order valence-corrected chi connectivity index (χ4v) is 6.13. The van der Waals surface area contributed by atoms with Gasteiger partial charge in [0.1, 0.15) is 16.9 Å². The minimum atomic E-state index is 0.0884. The maximum Gasteiger partial charge on any atom is 0.227 e. The van der Waals surface area contributed by atoms with Crippen LogP contribution in [-0.4, -0.2) is 36.0 Å². The number of fused-ring (bicyclic) bond motifs is 2. The molecule has 0 atom stereocenters. The Balaban J connectivity index is 1.24. The van der Waals surface area contributed by atoms with E-state index in [1.54, 1.807) is 23.7 Å². The van der Waals surface area contributed by atoms with Crippen LogP contribution in [0.3, 0.4) is 0 Å². The van der Waals surface area contributed by atoms with Crippen LogP contribution in [0.1, 0.15) is 30.6 Å². The van der Waals surface area contributed by atoms with Crippen molar-refractivity contribution < 1.29 is 4.79 Å². The molecule has 5 heterocycles. The van der Waals surface area contributed by atoms with Crippen LogP contribution in [0.5, 0.6) is 0 Å². The lowest BCUT2D eigenvalue weighted by atomic mass is 10.0. The Morgan fingerprint density at radius 2 is 1.89 bits per heavy atom. The van der Waals surface area contributed by atoms with Crippen molar-refractivity contribution in [2.45, 2.75) is 32.6 Å². The Morgan fingerprint density at radius 1 is 1.00 bits per heavy atom. The monoisotopic (exact) mass is 519 g/mol. The lowest BCUT2D eigenvalue weighted by Gasteiger charge is -2.11. The van der Waals surface area contributed by atoms with Gasteiger partial charge < -0.3 is 10.3 Å². The van der Waals surface area contributed by atoms with E-state index < -0.39 is 0 Å². The summed E-state index contributed by atoms with van der Waals surface area (Å²) in [6.07, 6.45) is 9.50. The predicted octanol–water partition coefficient (Wildman–Crippen LogP) is 6.73. The third-order valence-corrected chi connectivity index (χ3v) is 8.23. The molecule has 7 rings (SSSR count). The van der Waals surface area contributed by atoms with Crippen LogP contribution in [0.25, 0.3) is 55.2 Å². The van der Waals surface area contributed by atoms with Gasteiger partial charge in [-0.15, -0.1) is 11.3 Å². The van der Waals surface area contributed by atoms with Gasteiger partial charge in [0, 0.05) is 34.1 Å². The molecule has 3 N–H and O–H groups in total. The number of thiophene rings is 1. The van der Waals surface area contributed by atoms with Gasteiger partial charge in [0.15, 0.2) is 5.82 Å². The van der Waals surface area contributed by atoms with Crippen molar-refractivity contribution in [3.8, 4) is 33.2 Å². The van der Waals surface area contributed by atoms with Crippen LogP contribution in [0, 0.1) is 12.8 Å². The van der Waals surface area contributed by atoms with E-state index in [2.05, 4.69) is 55.6 Å². The maximum atomic E-state index is 12.6. The largest absolute Gasteiger partial charge is 0.336 e. The Hall–Kier alpha value is -4.37. The first-order valence-corrected chi connectivity index (χ1v) is 13.6. The maximum absolute atomic E-state index is 12.6. The number of hydrogen-bond acceptors (Lipinski definition) is 6. The third-order valence-electron chi connectivity index (χ3n) is 7.23. The van der Waals surface area contributed by atoms with Crippen LogP contribution in [0.2, 0.25) is 0 Å². The highest BCUT2D eigenvalue weighted by Gasteiger charge is 2.23. The number of benzene rings is 1. The first-order valence-electron chi connectivity index (χ1n) is 12.8. The highest BCUT2D eigenvalue weighted by atomic mass is 32.1. The number of H-pyrrole nitrogens is 2. The number of hydrogen-bond donors (Lipinski definition) is 3. The number of amides is 1. The normalized spacial score (nSPS) is 14.0. The van der Waals surface area contributed by atoms with Gasteiger partial charge in [-0.1, -0.05) is 18.9 Å². The van der Waals surface area contributed by atoms with E-state index in [4.69, 9.17) is 4.98 Å². The topological polar surface area (TPSA) is 112 Å². The molecule has 6 aromatic rings. The fourth-order valence-electron chi connectivity index (χ4n) is 5.26. The summed E-state index contributed by atoms with van der Waals surface area (Å²) in [5.74, 6) is 0.874. The van der Waals surface area contributed by atoms with Crippen molar-refractivity contribution in [3.63, 3.8) is 0 Å². The van der Waals surface area contributed by atoms with E-state index in [-0.39, 0.29) is 11.8 Å². The number of aromatic nitrogens is 6. The molecule has 0 spiro atoms. The van der Waals surface area contributed by atoms with E-state index in [9.17, 15) is 4.79 Å². The molecule has 1 aromatic carbocycles. The number of nitrogens with zero attached hydrogens (tertiary/aromatic N) is 4. The van der Waals surface area contributed by atoms with Gasteiger partial charge in [0.05, 0.1) is 27.8 Å². The van der Waals surface area contributed by atoms with Crippen LogP contribution in [0.15, 0.2) is 61.1 Å². The molecule has 0 unspecified atom stereocenters. The Bertz CT molecular complexity index is 1810. The zero-order valence-electron chi connectivity index (χ0n) is 20.8. The second-order valence-corrected chi connectivity index (χ2v) is 11.1. The summed E-state index contributed by atoms with van der Waals surface area (Å²) in [5.41, 5.74) is 6.88. The minimum absolute atomic E-state index is 0.0884. The lowest BCUT2D eigenvalue weighted by Crippen LogP contribution is -2.20. The number of nitrogens with one attached hydrogen (secondary N) is 3. The summed E-state index contributed by atoms with van der Waals surface area (Å²) in [6, 6.07) is 14.2. The van der Waals surface area contributed by atoms with Crippen LogP contribution >= 0.6 is 11.3 Å². The van der Waals surface area contributed by atoms with Gasteiger partial charge in [-0.05, 0) is 61.7 Å². The quantitative estimate of drug-likeness (QED) is 0.234. The van der Waals surface area contributed by atoms with Crippen molar-refractivity contribution >= 4 is 44.9 Å². The number of imidazole rings is 1. The predicted molar refractivity (Wildman–Crippen MR) is 151 cm³/mol. The highest BCUT2D eigenvalue weighted by Crippen LogP contribution is 2.34. The van der Waals surface area contributed by atoms with E-state index in [0.29, 0.717) is 11.5 Å². The van der Waals surface area contributed by atoms with Crippen molar-refractivity contribution in [2.75, 3.05) is 5.32 Å². The van der Waals surface area contributed by atoms with Crippen LogP contribution in [0.4, 0.5) is 5.69 Å². The van der Waals surface area contributed by atoms with Crippen LogP contribution in [-0.2, 0) is 4.79 Å². The summed E-state index contributed by atoms with van der Waals surface area (Å²) >= 11 is 1.71. The molecule has 9 heteroatoms. The van der Waals surface area contributed by atoms with Gasteiger partial charge in [-0.2, -0.15) is 5.10 Å². The SMILES string of the molecule is Cc1ccc(-c2nccc3[nH]c(-c4n[nH]c5ccc(-c6cncc(NC(=O)C7CCCC7)c6)cc45)nc23)s1. The minimum Gasteiger partial charge on any atom is -0.336 e. The molecule has 1 fully saturated rings. The number of carbonyl (C=O) groups excluding carboxylic acids is 1. The lowest BCUT2D eigenvalue weighted by molar-refractivity contribution is -0.119. The van der Waals surface area contributed by atoms with Gasteiger partial charge in [0.2, 0.25) is 5.91 Å². The van der Waals surface area contributed by atoms with Gasteiger partial charge in [0.25, 0.3) is 0 Å². The summed E-state index contributed by atoms with van der Waals surface area (Å²) < 4.78 is 0. The Kier molecular flexibility index (Phi) is 5.51. The molecule has 0 saturated heterocycles. The number of pyridine rings is 2. The number of aryl methyl sites for hydroxylation is 1. The molecule has 8 nitrogen and oxygen atoms in total. The van der Waals surface area contributed by atoms with E-state index in [1.165, 1.54) is 4.88 Å². The molecule has 1 aliphatic carbocycles. The number of rotatable bonds is 5. The summed E-state index contributed by atoms with van der Waals surface area (Å²) in [6.45, 7) is 2.09. The molecule has 1 amide bonds. The first-order chi connectivity index (χ1) is 18.6. The first kappa shape index (κ1) is 22.8. The molecule has 0 aliphatic heterocycles. The van der Waals surface area contributed by atoms with E-state index in [0.717, 1.165) is 75.0 Å². The molecule has 188 valence electrons. The van der Waals surface area contributed by atoms with Crippen molar-refractivity contribution in [1.82, 2.24) is 30.1 Å². The fraction of sp³-hybridized carbons (Fsp3) is 0.207. The molecule has 1 aliphatic rings.